The van der Waals surface area contributed by atoms with E-state index in [0.29, 0.717) is 22.7 Å². The monoisotopic (exact) mass is 321 g/mol. The number of carbonyl (C=O) groups excluding carboxylic acids is 1. The first kappa shape index (κ1) is 15.1. The standard InChI is InChI=1S/C15H19N3O3S/c1-3-6-21-12(19)8-18-15(20)13-10-5-4-9(2)7-11(10)22-14(13)16-17-18/h9H,3-8H2,1-2H3/t9-/m0/s1. The first-order valence-corrected chi connectivity index (χ1v) is 8.45. The van der Waals surface area contributed by atoms with Crippen LogP contribution in [-0.4, -0.2) is 27.6 Å². The largest absolute Gasteiger partial charge is 0.464 e. The third kappa shape index (κ3) is 2.77. The molecule has 3 rings (SSSR count). The molecule has 0 fully saturated rings. The maximum Gasteiger partial charge on any atom is 0.327 e. The van der Waals surface area contributed by atoms with E-state index in [1.54, 1.807) is 11.3 Å². The van der Waals surface area contributed by atoms with Gasteiger partial charge in [-0.25, -0.2) is 0 Å². The van der Waals surface area contributed by atoms with E-state index in [-0.39, 0.29) is 12.1 Å². The fourth-order valence-corrected chi connectivity index (χ4v) is 4.10. The van der Waals surface area contributed by atoms with Gasteiger partial charge in [0.05, 0.1) is 12.0 Å². The number of thiophene rings is 1. The van der Waals surface area contributed by atoms with E-state index in [9.17, 15) is 9.59 Å². The summed E-state index contributed by atoms with van der Waals surface area (Å²) in [5, 5.41) is 8.65. The van der Waals surface area contributed by atoms with Gasteiger partial charge in [-0.2, -0.15) is 4.68 Å². The van der Waals surface area contributed by atoms with Gasteiger partial charge in [0.25, 0.3) is 5.56 Å². The van der Waals surface area contributed by atoms with Gasteiger partial charge in [0.2, 0.25) is 0 Å². The fourth-order valence-electron chi connectivity index (χ4n) is 2.78. The van der Waals surface area contributed by atoms with Crippen LogP contribution in [0.1, 0.15) is 37.1 Å². The van der Waals surface area contributed by atoms with E-state index >= 15 is 0 Å². The van der Waals surface area contributed by atoms with Gasteiger partial charge in [-0.3, -0.25) is 9.59 Å². The van der Waals surface area contributed by atoms with Crippen LogP contribution in [0.15, 0.2) is 4.79 Å². The normalized spacial score (nSPS) is 17.5. The molecule has 2 heterocycles. The average molecular weight is 321 g/mol. The average Bonchev–Trinajstić information content (AvgIpc) is 2.86. The van der Waals surface area contributed by atoms with Crippen LogP contribution in [0.3, 0.4) is 0 Å². The number of nitrogens with zero attached hydrogens (tertiary/aromatic N) is 3. The summed E-state index contributed by atoms with van der Waals surface area (Å²) in [7, 11) is 0. The molecular formula is C15H19N3O3S. The van der Waals surface area contributed by atoms with Crippen molar-refractivity contribution in [2.24, 2.45) is 5.92 Å². The Morgan fingerprint density at radius 3 is 3.09 bits per heavy atom. The van der Waals surface area contributed by atoms with Crippen LogP contribution < -0.4 is 5.56 Å². The second-order valence-corrected chi connectivity index (χ2v) is 6.89. The number of hydrogen-bond acceptors (Lipinski definition) is 6. The highest BCUT2D eigenvalue weighted by atomic mass is 32.1. The molecule has 1 atom stereocenters. The van der Waals surface area contributed by atoms with Gasteiger partial charge in [0, 0.05) is 4.88 Å². The predicted octanol–water partition coefficient (Wildman–Crippen LogP) is 1.93. The van der Waals surface area contributed by atoms with Gasteiger partial charge in [0.15, 0.2) is 4.83 Å². The molecule has 0 amide bonds. The zero-order chi connectivity index (χ0) is 15.7. The molecule has 0 N–H and O–H groups in total. The number of rotatable bonds is 4. The van der Waals surface area contributed by atoms with Crippen LogP contribution in [0.25, 0.3) is 10.2 Å². The lowest BCUT2D eigenvalue weighted by Crippen LogP contribution is -2.29. The first-order chi connectivity index (χ1) is 10.6. The van der Waals surface area contributed by atoms with Gasteiger partial charge in [-0.15, -0.1) is 16.4 Å². The van der Waals surface area contributed by atoms with Gasteiger partial charge in [-0.05, 0) is 37.2 Å². The molecule has 0 radical (unpaired) electrons. The quantitative estimate of drug-likeness (QED) is 0.805. The minimum absolute atomic E-state index is 0.178. The van der Waals surface area contributed by atoms with E-state index in [1.807, 2.05) is 6.92 Å². The van der Waals surface area contributed by atoms with Crippen LogP contribution in [-0.2, 0) is 28.9 Å². The molecule has 2 aromatic heterocycles. The Kier molecular flexibility index (Phi) is 4.24. The van der Waals surface area contributed by atoms with Gasteiger partial charge < -0.3 is 4.74 Å². The van der Waals surface area contributed by atoms with Gasteiger partial charge in [0.1, 0.15) is 6.54 Å². The summed E-state index contributed by atoms with van der Waals surface area (Å²) in [5.41, 5.74) is 0.874. The van der Waals surface area contributed by atoms with E-state index in [2.05, 4.69) is 17.2 Å². The summed E-state index contributed by atoms with van der Waals surface area (Å²) in [5.74, 6) is 0.190. The summed E-state index contributed by atoms with van der Waals surface area (Å²) in [4.78, 5) is 26.2. The summed E-state index contributed by atoms with van der Waals surface area (Å²) in [6.07, 6.45) is 3.73. The maximum atomic E-state index is 12.6. The van der Waals surface area contributed by atoms with Crippen molar-refractivity contribution in [3.63, 3.8) is 0 Å². The lowest BCUT2D eigenvalue weighted by molar-refractivity contribution is -0.144. The molecule has 0 bridgehead atoms. The number of aromatic nitrogens is 3. The van der Waals surface area contributed by atoms with Crippen LogP contribution in [0, 0.1) is 5.92 Å². The summed E-state index contributed by atoms with van der Waals surface area (Å²) in [6, 6.07) is 0. The van der Waals surface area contributed by atoms with E-state index in [0.717, 1.165) is 35.9 Å². The van der Waals surface area contributed by atoms with Crippen LogP contribution in [0.4, 0.5) is 0 Å². The van der Waals surface area contributed by atoms with Crippen LogP contribution in [0.5, 0.6) is 0 Å². The van der Waals surface area contributed by atoms with E-state index in [1.165, 1.54) is 4.88 Å². The molecule has 0 aromatic carbocycles. The number of aryl methyl sites for hydroxylation is 1. The van der Waals surface area contributed by atoms with Crippen molar-refractivity contribution in [2.75, 3.05) is 6.61 Å². The summed E-state index contributed by atoms with van der Waals surface area (Å²) in [6.45, 7) is 4.32. The Morgan fingerprint density at radius 2 is 2.32 bits per heavy atom. The molecule has 6 nitrogen and oxygen atoms in total. The number of carbonyl (C=O) groups is 1. The zero-order valence-corrected chi connectivity index (χ0v) is 13.6. The molecule has 0 saturated heterocycles. The number of esters is 1. The van der Waals surface area contributed by atoms with Crippen molar-refractivity contribution in [3.8, 4) is 0 Å². The van der Waals surface area contributed by atoms with E-state index < -0.39 is 5.97 Å². The van der Waals surface area contributed by atoms with Crippen molar-refractivity contribution in [3.05, 3.63) is 20.8 Å². The van der Waals surface area contributed by atoms with E-state index in [4.69, 9.17) is 4.74 Å². The molecule has 2 aromatic rings. The maximum absolute atomic E-state index is 12.6. The molecule has 118 valence electrons. The third-order valence-electron chi connectivity index (χ3n) is 3.93. The van der Waals surface area contributed by atoms with Crippen LogP contribution in [0.2, 0.25) is 0 Å². The molecule has 0 saturated carbocycles. The van der Waals surface area contributed by atoms with Crippen molar-refractivity contribution in [1.82, 2.24) is 15.0 Å². The molecule has 1 aliphatic rings. The van der Waals surface area contributed by atoms with Crippen molar-refractivity contribution in [2.45, 2.75) is 46.1 Å². The molecule has 0 aliphatic heterocycles. The molecule has 0 spiro atoms. The highest BCUT2D eigenvalue weighted by Crippen LogP contribution is 2.35. The highest BCUT2D eigenvalue weighted by Gasteiger charge is 2.24. The second kappa shape index (κ2) is 6.16. The summed E-state index contributed by atoms with van der Waals surface area (Å²) >= 11 is 1.56. The molecule has 1 aliphatic carbocycles. The van der Waals surface area contributed by atoms with Gasteiger partial charge >= 0.3 is 5.97 Å². The SMILES string of the molecule is CCCOC(=O)Cn1nnc2sc3c(c2c1=O)CC[C@H](C)C3. The lowest BCUT2D eigenvalue weighted by Gasteiger charge is -2.17. The van der Waals surface area contributed by atoms with Crippen molar-refractivity contribution < 1.29 is 9.53 Å². The third-order valence-corrected chi connectivity index (χ3v) is 5.07. The Hall–Kier alpha value is -1.76. The lowest BCUT2D eigenvalue weighted by atomic mass is 9.89. The minimum Gasteiger partial charge on any atom is -0.464 e. The second-order valence-electron chi connectivity index (χ2n) is 5.80. The van der Waals surface area contributed by atoms with Crippen LogP contribution >= 0.6 is 11.3 Å². The number of fused-ring (bicyclic) bond motifs is 3. The zero-order valence-electron chi connectivity index (χ0n) is 12.8. The highest BCUT2D eigenvalue weighted by molar-refractivity contribution is 7.18. The molecular weight excluding hydrogens is 302 g/mol. The smallest absolute Gasteiger partial charge is 0.327 e. The summed E-state index contributed by atoms with van der Waals surface area (Å²) < 4.78 is 6.12. The topological polar surface area (TPSA) is 74.1 Å². The van der Waals surface area contributed by atoms with Gasteiger partial charge in [-0.1, -0.05) is 19.1 Å². The molecule has 0 unspecified atom stereocenters. The van der Waals surface area contributed by atoms with Crippen molar-refractivity contribution >= 4 is 27.5 Å². The molecule has 22 heavy (non-hydrogen) atoms. The van der Waals surface area contributed by atoms with Crippen molar-refractivity contribution in [1.29, 1.82) is 0 Å². The molecule has 7 heteroatoms. The minimum atomic E-state index is -0.449. The number of ether oxygens (including phenoxy) is 1. The Labute approximate surface area is 132 Å². The fraction of sp³-hybridized carbons (Fsp3) is 0.600. The Morgan fingerprint density at radius 1 is 1.50 bits per heavy atom. The first-order valence-electron chi connectivity index (χ1n) is 7.63. The Bertz CT molecular complexity index is 765. The Balaban J connectivity index is 1.96. The number of hydrogen-bond donors (Lipinski definition) is 0. The predicted molar refractivity (Wildman–Crippen MR) is 84.1 cm³/mol.